The highest BCUT2D eigenvalue weighted by Crippen LogP contribution is 2.26. The lowest BCUT2D eigenvalue weighted by atomic mass is 9.98. The maximum absolute atomic E-state index is 13.9. The van der Waals surface area contributed by atoms with Crippen molar-refractivity contribution in [2.75, 3.05) is 19.7 Å². The molecule has 8 nitrogen and oxygen atoms in total. The highest BCUT2D eigenvalue weighted by Gasteiger charge is 2.36. The molecule has 2 atom stereocenters. The summed E-state index contributed by atoms with van der Waals surface area (Å²) >= 11 is 0. The van der Waals surface area contributed by atoms with Gasteiger partial charge in [0.15, 0.2) is 0 Å². The summed E-state index contributed by atoms with van der Waals surface area (Å²) in [6, 6.07) is 3.67. The number of aryl methyl sites for hydroxylation is 2. The van der Waals surface area contributed by atoms with E-state index in [0.717, 1.165) is 56.1 Å². The standard InChI is InChI=1S/C31H53N3O5/c1-8-10-12-13-14-16-20-34(29(37)26(22-35)33-30(38)39-31(5,6)7)27(28(36)32-19-15-11-9-2)25-18-17-23(3)24(4)21-25/h17-18,21,26-27,35H,8-16,19-20,22H2,1-7H3,(H,32,36)(H,33,38). The van der Waals surface area contributed by atoms with Crippen molar-refractivity contribution < 1.29 is 24.2 Å². The Bertz CT molecular complexity index is 897. The smallest absolute Gasteiger partial charge is 0.408 e. The fourth-order valence-corrected chi connectivity index (χ4v) is 4.36. The van der Waals surface area contributed by atoms with Crippen LogP contribution >= 0.6 is 0 Å². The Hall–Kier alpha value is -2.61. The van der Waals surface area contributed by atoms with Crippen LogP contribution in [0.4, 0.5) is 4.79 Å². The van der Waals surface area contributed by atoms with E-state index in [1.807, 2.05) is 32.0 Å². The molecule has 1 aromatic rings. The molecule has 0 aliphatic rings. The van der Waals surface area contributed by atoms with E-state index in [9.17, 15) is 19.5 Å². The fourth-order valence-electron chi connectivity index (χ4n) is 4.36. The average Bonchev–Trinajstić information content (AvgIpc) is 2.86. The molecule has 3 amide bonds. The predicted octanol–water partition coefficient (Wildman–Crippen LogP) is 5.73. The van der Waals surface area contributed by atoms with Crippen LogP contribution in [0.25, 0.3) is 0 Å². The monoisotopic (exact) mass is 547 g/mol. The molecule has 8 heteroatoms. The van der Waals surface area contributed by atoms with Gasteiger partial charge in [0.05, 0.1) is 6.61 Å². The first-order valence-electron chi connectivity index (χ1n) is 14.7. The van der Waals surface area contributed by atoms with Gasteiger partial charge in [-0.25, -0.2) is 4.79 Å². The molecule has 0 aliphatic carbocycles. The van der Waals surface area contributed by atoms with E-state index in [2.05, 4.69) is 24.5 Å². The minimum atomic E-state index is -1.23. The number of carbonyl (C=O) groups is 3. The molecule has 3 N–H and O–H groups in total. The number of rotatable bonds is 17. The lowest BCUT2D eigenvalue weighted by molar-refractivity contribution is -0.143. The number of aliphatic hydroxyl groups is 1. The molecular weight excluding hydrogens is 494 g/mol. The van der Waals surface area contributed by atoms with Crippen molar-refractivity contribution in [2.24, 2.45) is 0 Å². The van der Waals surface area contributed by atoms with Crippen LogP contribution in [0, 0.1) is 13.8 Å². The summed E-state index contributed by atoms with van der Waals surface area (Å²) in [6.07, 6.45) is 8.22. The summed E-state index contributed by atoms with van der Waals surface area (Å²) in [5.74, 6) is -0.772. The third-order valence-electron chi connectivity index (χ3n) is 6.69. The number of benzene rings is 1. The number of unbranched alkanes of at least 4 members (excludes halogenated alkanes) is 7. The lowest BCUT2D eigenvalue weighted by Gasteiger charge is -2.34. The molecule has 0 aliphatic heterocycles. The second kappa shape index (κ2) is 17.9. The molecule has 0 saturated heterocycles. The minimum absolute atomic E-state index is 0.261. The van der Waals surface area contributed by atoms with Crippen molar-refractivity contribution in [1.29, 1.82) is 0 Å². The SMILES string of the molecule is CCCCCCCCN(C(=O)C(CO)NC(=O)OC(C)(C)C)C(C(=O)NCCCCC)c1ccc(C)c(C)c1. The second-order valence-electron chi connectivity index (χ2n) is 11.4. The Balaban J connectivity index is 3.34. The molecule has 0 bridgehead atoms. The number of alkyl carbamates (subject to hydrolysis) is 1. The van der Waals surface area contributed by atoms with E-state index in [-0.39, 0.29) is 5.91 Å². The zero-order chi connectivity index (χ0) is 29.4. The van der Waals surface area contributed by atoms with Gasteiger partial charge >= 0.3 is 6.09 Å². The molecule has 0 heterocycles. The summed E-state index contributed by atoms with van der Waals surface area (Å²) in [4.78, 5) is 41.6. The van der Waals surface area contributed by atoms with Gasteiger partial charge in [-0.05, 0) is 64.2 Å². The summed E-state index contributed by atoms with van der Waals surface area (Å²) in [5.41, 5.74) is 2.06. The fraction of sp³-hybridized carbons (Fsp3) is 0.710. The maximum atomic E-state index is 13.9. The first-order valence-corrected chi connectivity index (χ1v) is 14.7. The summed E-state index contributed by atoms with van der Waals surface area (Å²) < 4.78 is 5.32. The number of amides is 3. The molecule has 39 heavy (non-hydrogen) atoms. The Morgan fingerprint density at radius 2 is 1.54 bits per heavy atom. The third-order valence-corrected chi connectivity index (χ3v) is 6.69. The molecule has 0 spiro atoms. The first kappa shape index (κ1) is 34.4. The van der Waals surface area contributed by atoms with Crippen molar-refractivity contribution in [1.82, 2.24) is 15.5 Å². The topological polar surface area (TPSA) is 108 Å². The third kappa shape index (κ3) is 12.9. The van der Waals surface area contributed by atoms with Crippen LogP contribution in [0.15, 0.2) is 18.2 Å². The highest BCUT2D eigenvalue weighted by molar-refractivity contribution is 5.92. The lowest BCUT2D eigenvalue weighted by Crippen LogP contribution is -2.54. The number of hydrogen-bond donors (Lipinski definition) is 3. The molecular formula is C31H53N3O5. The van der Waals surface area contributed by atoms with Crippen LogP contribution in [-0.2, 0) is 14.3 Å². The van der Waals surface area contributed by atoms with E-state index in [1.54, 1.807) is 20.8 Å². The van der Waals surface area contributed by atoms with Gasteiger partial charge in [-0.3, -0.25) is 9.59 Å². The molecule has 0 aromatic heterocycles. The summed E-state index contributed by atoms with van der Waals surface area (Å²) in [6.45, 7) is 13.7. The minimum Gasteiger partial charge on any atom is -0.444 e. The number of carbonyl (C=O) groups excluding carboxylic acids is 3. The van der Waals surface area contributed by atoms with Crippen molar-refractivity contribution in [3.8, 4) is 0 Å². The number of nitrogens with one attached hydrogen (secondary N) is 2. The summed E-state index contributed by atoms with van der Waals surface area (Å²) in [7, 11) is 0. The van der Waals surface area contributed by atoms with E-state index >= 15 is 0 Å². The number of aliphatic hydroxyl groups excluding tert-OH is 1. The Morgan fingerprint density at radius 3 is 2.13 bits per heavy atom. The van der Waals surface area contributed by atoms with Crippen LogP contribution in [-0.4, -0.2) is 59.3 Å². The van der Waals surface area contributed by atoms with Gasteiger partial charge in [0.2, 0.25) is 11.8 Å². The largest absolute Gasteiger partial charge is 0.444 e. The number of nitrogens with zero attached hydrogens (tertiary/aromatic N) is 1. The van der Waals surface area contributed by atoms with Crippen LogP contribution in [0.5, 0.6) is 0 Å². The van der Waals surface area contributed by atoms with Gasteiger partial charge in [0, 0.05) is 13.1 Å². The molecule has 1 aromatic carbocycles. The Labute approximate surface area is 236 Å². The van der Waals surface area contributed by atoms with Gasteiger partial charge < -0.3 is 25.4 Å². The zero-order valence-electron chi connectivity index (χ0n) is 25.4. The zero-order valence-corrected chi connectivity index (χ0v) is 25.4. The first-order chi connectivity index (χ1) is 18.4. The van der Waals surface area contributed by atoms with Crippen molar-refractivity contribution in [3.63, 3.8) is 0 Å². The predicted molar refractivity (Wildman–Crippen MR) is 157 cm³/mol. The summed E-state index contributed by atoms with van der Waals surface area (Å²) in [5, 5.41) is 15.7. The van der Waals surface area contributed by atoms with Crippen LogP contribution in [0.1, 0.15) is 115 Å². The van der Waals surface area contributed by atoms with E-state index in [4.69, 9.17) is 4.74 Å². The molecule has 0 fully saturated rings. The molecule has 0 saturated carbocycles. The Kier molecular flexibility index (Phi) is 15.8. The van der Waals surface area contributed by atoms with Crippen LogP contribution in [0.2, 0.25) is 0 Å². The van der Waals surface area contributed by atoms with Gasteiger partial charge in [-0.1, -0.05) is 77.0 Å². The van der Waals surface area contributed by atoms with E-state index in [1.165, 1.54) is 11.3 Å². The molecule has 0 radical (unpaired) electrons. The van der Waals surface area contributed by atoms with E-state index in [0.29, 0.717) is 25.1 Å². The van der Waals surface area contributed by atoms with E-state index < -0.39 is 36.3 Å². The quantitative estimate of drug-likeness (QED) is 0.216. The average molecular weight is 548 g/mol. The van der Waals surface area contributed by atoms with Gasteiger partial charge in [-0.15, -0.1) is 0 Å². The van der Waals surface area contributed by atoms with Crippen molar-refractivity contribution >= 4 is 17.9 Å². The van der Waals surface area contributed by atoms with Gasteiger partial charge in [0.25, 0.3) is 0 Å². The number of hydrogen-bond acceptors (Lipinski definition) is 5. The van der Waals surface area contributed by atoms with Crippen molar-refractivity contribution in [3.05, 3.63) is 34.9 Å². The normalized spacial score (nSPS) is 12.9. The number of ether oxygens (including phenoxy) is 1. The molecule has 2 unspecified atom stereocenters. The van der Waals surface area contributed by atoms with Crippen molar-refractivity contribution in [2.45, 2.75) is 124 Å². The highest BCUT2D eigenvalue weighted by atomic mass is 16.6. The maximum Gasteiger partial charge on any atom is 0.408 e. The van der Waals surface area contributed by atoms with Crippen LogP contribution in [0.3, 0.4) is 0 Å². The van der Waals surface area contributed by atoms with Gasteiger partial charge in [-0.2, -0.15) is 0 Å². The molecule has 1 rings (SSSR count). The van der Waals surface area contributed by atoms with Crippen LogP contribution < -0.4 is 10.6 Å². The second-order valence-corrected chi connectivity index (χ2v) is 11.4. The Morgan fingerprint density at radius 1 is 0.923 bits per heavy atom. The van der Waals surface area contributed by atoms with Gasteiger partial charge in [0.1, 0.15) is 17.7 Å². The molecule has 222 valence electrons.